The van der Waals surface area contributed by atoms with Crippen LogP contribution in [0.4, 0.5) is 14.9 Å². The van der Waals surface area contributed by atoms with Gasteiger partial charge in [0.25, 0.3) is 0 Å². The summed E-state index contributed by atoms with van der Waals surface area (Å²) < 4.78 is 13.5. The first-order chi connectivity index (χ1) is 14.0. The van der Waals surface area contributed by atoms with E-state index in [0.717, 1.165) is 23.3 Å². The number of benzene rings is 1. The Bertz CT molecular complexity index is 1050. The van der Waals surface area contributed by atoms with Crippen molar-refractivity contribution in [1.29, 1.82) is 0 Å². The Labute approximate surface area is 168 Å². The van der Waals surface area contributed by atoms with Gasteiger partial charge in [-0.1, -0.05) is 12.1 Å². The number of likely N-dealkylation sites (tertiary alicyclic amines) is 1. The minimum Gasteiger partial charge on any atom is -0.333 e. The van der Waals surface area contributed by atoms with Crippen LogP contribution in [0.25, 0.3) is 5.57 Å². The molecule has 1 aromatic heterocycles. The van der Waals surface area contributed by atoms with E-state index in [4.69, 9.17) is 0 Å². The standard InChI is InChI=1S/C22H21FN4O2/c1-13-3-2-6-24-21(13)17-7-14-8-19(17)27(10-14)20(28)12-26-11-15-9-16(23)4-5-18(15)25-22(26)29/h2-7,9,14,19H,8,10-12H2,1H3,(H,25,29)/t14-,19-/m1/s1. The molecule has 0 spiro atoms. The Kier molecular flexibility index (Phi) is 4.12. The SMILES string of the molecule is Cc1cccnc1C1=C[C@@H]2C[C@H]1N(C(=O)CN1Cc3cc(F)ccc3NC1=O)C2. The molecule has 1 aromatic carbocycles. The first-order valence-corrected chi connectivity index (χ1v) is 9.77. The van der Waals surface area contributed by atoms with Crippen molar-refractivity contribution in [1.82, 2.24) is 14.8 Å². The molecular weight excluding hydrogens is 371 g/mol. The third kappa shape index (κ3) is 3.06. The van der Waals surface area contributed by atoms with E-state index in [-0.39, 0.29) is 36.9 Å². The van der Waals surface area contributed by atoms with Crippen molar-refractivity contribution in [2.24, 2.45) is 5.92 Å². The van der Waals surface area contributed by atoms with Crippen LogP contribution in [0.1, 0.15) is 23.2 Å². The number of hydrogen-bond acceptors (Lipinski definition) is 3. The van der Waals surface area contributed by atoms with Gasteiger partial charge in [-0.25, -0.2) is 9.18 Å². The highest BCUT2D eigenvalue weighted by atomic mass is 19.1. The molecule has 2 aliphatic heterocycles. The quantitative estimate of drug-likeness (QED) is 0.873. The van der Waals surface area contributed by atoms with Gasteiger partial charge >= 0.3 is 6.03 Å². The van der Waals surface area contributed by atoms with Gasteiger partial charge in [-0.2, -0.15) is 0 Å². The number of amides is 3. The van der Waals surface area contributed by atoms with Crippen LogP contribution < -0.4 is 5.32 Å². The van der Waals surface area contributed by atoms with E-state index in [1.54, 1.807) is 12.3 Å². The Hall–Kier alpha value is -3.22. The smallest absolute Gasteiger partial charge is 0.322 e. The first-order valence-electron chi connectivity index (χ1n) is 9.77. The Morgan fingerprint density at radius 2 is 2.21 bits per heavy atom. The predicted molar refractivity (Wildman–Crippen MR) is 106 cm³/mol. The number of aromatic nitrogens is 1. The molecule has 3 amide bonds. The molecule has 3 aliphatic rings. The number of pyridine rings is 1. The van der Waals surface area contributed by atoms with Crippen molar-refractivity contribution in [3.63, 3.8) is 0 Å². The Morgan fingerprint density at radius 1 is 1.34 bits per heavy atom. The molecule has 2 aromatic rings. The molecule has 5 rings (SSSR count). The lowest BCUT2D eigenvalue weighted by Crippen LogP contribution is -2.48. The van der Waals surface area contributed by atoms with E-state index in [2.05, 4.69) is 16.4 Å². The Balaban J connectivity index is 1.33. The number of carbonyl (C=O) groups excluding carboxylic acids is 2. The zero-order chi connectivity index (χ0) is 20.1. The summed E-state index contributed by atoms with van der Waals surface area (Å²) in [6, 6.07) is 7.86. The fraction of sp³-hybridized carbons (Fsp3) is 0.318. The second-order valence-corrected chi connectivity index (χ2v) is 7.94. The van der Waals surface area contributed by atoms with Crippen LogP contribution in [-0.2, 0) is 11.3 Å². The summed E-state index contributed by atoms with van der Waals surface area (Å²) in [6.45, 7) is 2.88. The van der Waals surface area contributed by atoms with Crippen LogP contribution in [0.5, 0.6) is 0 Å². The number of urea groups is 1. The normalized spacial score (nSPS) is 22.4. The third-order valence-electron chi connectivity index (χ3n) is 5.99. The van der Waals surface area contributed by atoms with Crippen LogP contribution in [0.2, 0.25) is 0 Å². The maximum Gasteiger partial charge on any atom is 0.322 e. The number of hydrogen-bond donors (Lipinski definition) is 1. The molecule has 3 heterocycles. The van der Waals surface area contributed by atoms with Gasteiger partial charge in [0, 0.05) is 18.4 Å². The maximum atomic E-state index is 13.5. The number of aryl methyl sites for hydroxylation is 1. The highest BCUT2D eigenvalue weighted by Gasteiger charge is 2.43. The second kappa shape index (κ2) is 6.69. The summed E-state index contributed by atoms with van der Waals surface area (Å²) in [6.07, 6.45) is 4.91. The molecule has 1 N–H and O–H groups in total. The molecular formula is C22H21FN4O2. The molecule has 148 valence electrons. The van der Waals surface area contributed by atoms with E-state index in [1.165, 1.54) is 17.0 Å². The summed E-state index contributed by atoms with van der Waals surface area (Å²) in [7, 11) is 0. The second-order valence-electron chi connectivity index (χ2n) is 7.94. The molecule has 0 radical (unpaired) electrons. The zero-order valence-electron chi connectivity index (χ0n) is 16.1. The maximum absolute atomic E-state index is 13.5. The summed E-state index contributed by atoms with van der Waals surface area (Å²) >= 11 is 0. The fourth-order valence-electron chi connectivity index (χ4n) is 4.62. The van der Waals surface area contributed by atoms with Crippen molar-refractivity contribution >= 4 is 23.2 Å². The van der Waals surface area contributed by atoms with Gasteiger partial charge in [0.05, 0.1) is 18.3 Å². The number of nitrogens with one attached hydrogen (secondary N) is 1. The van der Waals surface area contributed by atoms with E-state index < -0.39 is 0 Å². The zero-order valence-corrected chi connectivity index (χ0v) is 16.1. The van der Waals surface area contributed by atoms with E-state index in [0.29, 0.717) is 23.7 Å². The highest BCUT2D eigenvalue weighted by molar-refractivity contribution is 5.95. The number of anilines is 1. The highest BCUT2D eigenvalue weighted by Crippen LogP contribution is 2.42. The van der Waals surface area contributed by atoms with Gasteiger partial charge in [-0.3, -0.25) is 9.78 Å². The van der Waals surface area contributed by atoms with Crippen LogP contribution in [0.3, 0.4) is 0 Å². The van der Waals surface area contributed by atoms with Crippen molar-refractivity contribution in [2.45, 2.75) is 25.9 Å². The minimum absolute atomic E-state index is 0.00122. The van der Waals surface area contributed by atoms with Gasteiger partial charge in [-0.15, -0.1) is 0 Å². The molecule has 1 fully saturated rings. The van der Waals surface area contributed by atoms with Crippen LogP contribution in [0, 0.1) is 18.7 Å². The monoisotopic (exact) mass is 392 g/mol. The van der Waals surface area contributed by atoms with Crippen molar-refractivity contribution in [3.05, 3.63) is 65.2 Å². The molecule has 0 unspecified atom stereocenters. The lowest BCUT2D eigenvalue weighted by molar-refractivity contribution is -0.132. The molecule has 6 nitrogen and oxygen atoms in total. The first kappa shape index (κ1) is 17.8. The van der Waals surface area contributed by atoms with Crippen LogP contribution >= 0.6 is 0 Å². The average molecular weight is 392 g/mol. The van der Waals surface area contributed by atoms with E-state index in [1.807, 2.05) is 24.0 Å². The number of rotatable bonds is 3. The molecule has 29 heavy (non-hydrogen) atoms. The summed E-state index contributed by atoms with van der Waals surface area (Å²) in [5.41, 5.74) is 4.40. The van der Waals surface area contributed by atoms with Gasteiger partial charge in [0.15, 0.2) is 0 Å². The van der Waals surface area contributed by atoms with Gasteiger partial charge in [0.1, 0.15) is 12.4 Å². The van der Waals surface area contributed by atoms with E-state index >= 15 is 0 Å². The summed E-state index contributed by atoms with van der Waals surface area (Å²) in [5, 5.41) is 2.74. The van der Waals surface area contributed by atoms with Gasteiger partial charge in [0.2, 0.25) is 5.91 Å². The molecule has 7 heteroatoms. The summed E-state index contributed by atoms with van der Waals surface area (Å²) in [4.78, 5) is 33.3. The van der Waals surface area contributed by atoms with Gasteiger partial charge in [-0.05, 0) is 60.2 Å². The fourth-order valence-corrected chi connectivity index (χ4v) is 4.62. The van der Waals surface area contributed by atoms with Gasteiger partial charge < -0.3 is 15.1 Å². The van der Waals surface area contributed by atoms with Crippen molar-refractivity contribution < 1.29 is 14.0 Å². The summed E-state index contributed by atoms with van der Waals surface area (Å²) in [5.74, 6) is -0.124. The lowest BCUT2D eigenvalue weighted by atomic mass is 10.0. The lowest BCUT2D eigenvalue weighted by Gasteiger charge is -2.33. The third-order valence-corrected chi connectivity index (χ3v) is 5.99. The number of fused-ring (bicyclic) bond motifs is 3. The van der Waals surface area contributed by atoms with Crippen LogP contribution in [0.15, 0.2) is 42.6 Å². The number of halogens is 1. The molecule has 2 atom stereocenters. The predicted octanol–water partition coefficient (Wildman–Crippen LogP) is 3.19. The molecule has 1 saturated heterocycles. The largest absolute Gasteiger partial charge is 0.333 e. The van der Waals surface area contributed by atoms with Crippen molar-refractivity contribution in [2.75, 3.05) is 18.4 Å². The Morgan fingerprint density at radius 3 is 3.00 bits per heavy atom. The average Bonchev–Trinajstić information content (AvgIpc) is 3.30. The van der Waals surface area contributed by atoms with E-state index in [9.17, 15) is 14.0 Å². The molecule has 0 saturated carbocycles. The number of nitrogens with zero attached hydrogens (tertiary/aromatic N) is 3. The van der Waals surface area contributed by atoms with Crippen molar-refractivity contribution in [3.8, 4) is 0 Å². The topological polar surface area (TPSA) is 65.5 Å². The number of carbonyl (C=O) groups is 2. The minimum atomic E-state index is -0.358. The van der Waals surface area contributed by atoms with Crippen LogP contribution in [-0.4, -0.2) is 45.9 Å². The molecule has 2 bridgehead atoms. The molecule has 1 aliphatic carbocycles.